The van der Waals surface area contributed by atoms with Crippen LogP contribution >= 0.6 is 0 Å². The molecule has 1 amide bonds. The first kappa shape index (κ1) is 18.9. The third kappa shape index (κ3) is 4.57. The quantitative estimate of drug-likeness (QED) is 0.856. The van der Waals surface area contributed by atoms with E-state index in [-0.39, 0.29) is 17.9 Å². The molecule has 0 unspecified atom stereocenters. The summed E-state index contributed by atoms with van der Waals surface area (Å²) in [6, 6.07) is 7.09. The molecule has 0 aliphatic carbocycles. The van der Waals surface area contributed by atoms with E-state index in [9.17, 15) is 13.2 Å². The maximum absolute atomic E-state index is 12.7. The molecule has 1 aliphatic heterocycles. The van der Waals surface area contributed by atoms with Gasteiger partial charge in [0.05, 0.1) is 4.90 Å². The summed E-state index contributed by atoms with van der Waals surface area (Å²) in [5.41, 5.74) is 1.03. The average molecular weight is 353 g/mol. The first-order chi connectivity index (χ1) is 11.3. The van der Waals surface area contributed by atoms with E-state index in [2.05, 4.69) is 12.2 Å². The predicted molar refractivity (Wildman–Crippen MR) is 95.2 cm³/mol. The molecule has 24 heavy (non-hydrogen) atoms. The van der Waals surface area contributed by atoms with Crippen molar-refractivity contribution in [3.8, 4) is 0 Å². The Hall–Kier alpha value is -1.40. The highest BCUT2D eigenvalue weighted by Gasteiger charge is 2.32. The Balaban J connectivity index is 1.94. The van der Waals surface area contributed by atoms with Gasteiger partial charge in [-0.3, -0.25) is 4.79 Å². The summed E-state index contributed by atoms with van der Waals surface area (Å²) in [5, 5.41) is 3.04. The molecule has 0 aromatic heterocycles. The fourth-order valence-electron chi connectivity index (χ4n) is 3.08. The van der Waals surface area contributed by atoms with Crippen molar-refractivity contribution in [1.29, 1.82) is 0 Å². The van der Waals surface area contributed by atoms with Crippen LogP contribution in [0.2, 0.25) is 0 Å². The zero-order valence-corrected chi connectivity index (χ0v) is 15.6. The number of carbonyl (C=O) groups is 1. The van der Waals surface area contributed by atoms with E-state index < -0.39 is 10.0 Å². The Morgan fingerprint density at radius 1 is 1.25 bits per heavy atom. The van der Waals surface area contributed by atoms with Crippen LogP contribution in [-0.2, 0) is 14.8 Å². The van der Waals surface area contributed by atoms with Gasteiger partial charge in [0.25, 0.3) is 0 Å². The molecule has 1 aliphatic rings. The van der Waals surface area contributed by atoms with Gasteiger partial charge in [0.2, 0.25) is 15.9 Å². The number of hydrogen-bond donors (Lipinski definition) is 1. The predicted octanol–water partition coefficient (Wildman–Crippen LogP) is 2.70. The van der Waals surface area contributed by atoms with Gasteiger partial charge >= 0.3 is 0 Å². The van der Waals surface area contributed by atoms with E-state index in [4.69, 9.17) is 0 Å². The van der Waals surface area contributed by atoms with E-state index in [1.807, 2.05) is 26.0 Å². The standard InChI is InChI=1S/C18H28N2O3S/c1-4-5-15(3)19-18(21)16-10-12-20(13-11-16)24(22,23)17-8-6-14(2)7-9-17/h6-9,15-16H,4-5,10-13H2,1-3H3,(H,19,21)/t15-/m0/s1. The number of benzene rings is 1. The lowest BCUT2D eigenvalue weighted by molar-refractivity contribution is -0.126. The average Bonchev–Trinajstić information content (AvgIpc) is 2.55. The van der Waals surface area contributed by atoms with Gasteiger partial charge in [-0.1, -0.05) is 31.0 Å². The zero-order chi connectivity index (χ0) is 17.7. The van der Waals surface area contributed by atoms with Crippen molar-refractivity contribution in [1.82, 2.24) is 9.62 Å². The van der Waals surface area contributed by atoms with Gasteiger partial charge in [-0.25, -0.2) is 8.42 Å². The SMILES string of the molecule is CCC[C@H](C)NC(=O)C1CCN(S(=O)(=O)c2ccc(C)cc2)CC1. The Labute approximate surface area is 145 Å². The van der Waals surface area contributed by atoms with Gasteiger partial charge in [-0.05, 0) is 45.2 Å². The van der Waals surface area contributed by atoms with E-state index in [0.29, 0.717) is 30.8 Å². The number of nitrogens with one attached hydrogen (secondary N) is 1. The van der Waals surface area contributed by atoms with E-state index in [1.54, 1.807) is 12.1 Å². The van der Waals surface area contributed by atoms with Crippen LogP contribution in [0.4, 0.5) is 0 Å². The van der Waals surface area contributed by atoms with E-state index >= 15 is 0 Å². The van der Waals surface area contributed by atoms with Crippen molar-refractivity contribution in [2.24, 2.45) is 5.92 Å². The van der Waals surface area contributed by atoms with E-state index in [1.165, 1.54) is 4.31 Å². The van der Waals surface area contributed by atoms with Gasteiger partial charge in [-0.15, -0.1) is 0 Å². The molecule has 134 valence electrons. The van der Waals surface area contributed by atoms with Crippen molar-refractivity contribution in [2.75, 3.05) is 13.1 Å². The molecule has 1 aromatic carbocycles. The molecular weight excluding hydrogens is 324 g/mol. The topological polar surface area (TPSA) is 66.5 Å². The maximum atomic E-state index is 12.7. The molecular formula is C18H28N2O3S. The molecule has 0 radical (unpaired) electrons. The molecule has 1 heterocycles. The van der Waals surface area contributed by atoms with E-state index in [0.717, 1.165) is 18.4 Å². The summed E-state index contributed by atoms with van der Waals surface area (Å²) >= 11 is 0. The number of piperidine rings is 1. The number of aryl methyl sites for hydroxylation is 1. The molecule has 0 spiro atoms. The highest BCUT2D eigenvalue weighted by molar-refractivity contribution is 7.89. The highest BCUT2D eigenvalue weighted by atomic mass is 32.2. The zero-order valence-electron chi connectivity index (χ0n) is 14.8. The molecule has 5 nitrogen and oxygen atoms in total. The molecule has 1 saturated heterocycles. The summed E-state index contributed by atoms with van der Waals surface area (Å²) in [6.07, 6.45) is 3.16. The lowest BCUT2D eigenvalue weighted by Crippen LogP contribution is -2.44. The molecule has 0 saturated carbocycles. The minimum atomic E-state index is -3.46. The van der Waals surface area contributed by atoms with Crippen molar-refractivity contribution in [3.05, 3.63) is 29.8 Å². The van der Waals surface area contributed by atoms with Crippen molar-refractivity contribution in [2.45, 2.75) is 57.4 Å². The van der Waals surface area contributed by atoms with Gasteiger partial charge in [0.15, 0.2) is 0 Å². The Morgan fingerprint density at radius 2 is 1.83 bits per heavy atom. The van der Waals surface area contributed by atoms with Gasteiger partial charge in [-0.2, -0.15) is 4.31 Å². The van der Waals surface area contributed by atoms with Crippen molar-refractivity contribution in [3.63, 3.8) is 0 Å². The van der Waals surface area contributed by atoms with Crippen LogP contribution in [0.15, 0.2) is 29.2 Å². The third-order valence-corrected chi connectivity index (χ3v) is 6.51. The second-order valence-electron chi connectivity index (χ2n) is 6.69. The van der Waals surface area contributed by atoms with Crippen LogP contribution in [0, 0.1) is 12.8 Å². The number of sulfonamides is 1. The van der Waals surface area contributed by atoms with Gasteiger partial charge in [0.1, 0.15) is 0 Å². The van der Waals surface area contributed by atoms with Crippen LogP contribution in [0.25, 0.3) is 0 Å². The molecule has 1 fully saturated rings. The second kappa shape index (κ2) is 8.12. The van der Waals surface area contributed by atoms with Crippen molar-refractivity contribution >= 4 is 15.9 Å². The fourth-order valence-corrected chi connectivity index (χ4v) is 4.55. The molecule has 6 heteroatoms. The van der Waals surface area contributed by atoms with Gasteiger partial charge in [0, 0.05) is 25.0 Å². The second-order valence-corrected chi connectivity index (χ2v) is 8.63. The van der Waals surface area contributed by atoms with Crippen molar-refractivity contribution < 1.29 is 13.2 Å². The number of nitrogens with zero attached hydrogens (tertiary/aromatic N) is 1. The molecule has 1 N–H and O–H groups in total. The number of carbonyl (C=O) groups excluding carboxylic acids is 1. The summed E-state index contributed by atoms with van der Waals surface area (Å²) in [6.45, 7) is 6.84. The molecule has 0 bridgehead atoms. The summed E-state index contributed by atoms with van der Waals surface area (Å²) < 4.78 is 26.8. The number of rotatable bonds is 6. The Bertz CT molecular complexity index is 647. The first-order valence-corrected chi connectivity index (χ1v) is 10.2. The lowest BCUT2D eigenvalue weighted by Gasteiger charge is -2.31. The van der Waals surface area contributed by atoms with Crippen LogP contribution in [0.5, 0.6) is 0 Å². The van der Waals surface area contributed by atoms with Crippen LogP contribution in [0.1, 0.15) is 45.1 Å². The lowest BCUT2D eigenvalue weighted by atomic mass is 9.96. The minimum Gasteiger partial charge on any atom is -0.353 e. The highest BCUT2D eigenvalue weighted by Crippen LogP contribution is 2.24. The number of amides is 1. The third-order valence-electron chi connectivity index (χ3n) is 4.59. The summed E-state index contributed by atoms with van der Waals surface area (Å²) in [5.74, 6) is -0.0305. The Morgan fingerprint density at radius 3 is 2.38 bits per heavy atom. The Kier molecular flexibility index (Phi) is 6.40. The van der Waals surface area contributed by atoms with Crippen LogP contribution < -0.4 is 5.32 Å². The first-order valence-electron chi connectivity index (χ1n) is 8.71. The fraction of sp³-hybridized carbons (Fsp3) is 0.611. The smallest absolute Gasteiger partial charge is 0.243 e. The summed E-state index contributed by atoms with van der Waals surface area (Å²) in [7, 11) is -3.46. The molecule has 2 rings (SSSR count). The monoisotopic (exact) mass is 352 g/mol. The van der Waals surface area contributed by atoms with Crippen LogP contribution in [0.3, 0.4) is 0 Å². The minimum absolute atomic E-state index is 0.0586. The maximum Gasteiger partial charge on any atom is 0.243 e. The largest absolute Gasteiger partial charge is 0.353 e. The normalized spacial score (nSPS) is 18.3. The van der Waals surface area contributed by atoms with Crippen LogP contribution in [-0.4, -0.2) is 37.8 Å². The molecule has 1 aromatic rings. The number of hydrogen-bond acceptors (Lipinski definition) is 3. The summed E-state index contributed by atoms with van der Waals surface area (Å²) in [4.78, 5) is 12.6. The molecule has 1 atom stereocenters. The van der Waals surface area contributed by atoms with Gasteiger partial charge < -0.3 is 5.32 Å².